The smallest absolute Gasteiger partial charge is 0.414 e. The maximum Gasteiger partial charge on any atom is 0.414 e. The number of benzene rings is 1. The van der Waals surface area contributed by atoms with E-state index >= 15 is 0 Å². The third kappa shape index (κ3) is 3.56. The third-order valence-corrected chi connectivity index (χ3v) is 8.69. The van der Waals surface area contributed by atoms with Crippen LogP contribution in [0, 0.1) is 0 Å². The highest BCUT2D eigenvalue weighted by molar-refractivity contribution is 7.85. The van der Waals surface area contributed by atoms with E-state index in [0.717, 1.165) is 43.6 Å². The van der Waals surface area contributed by atoms with Gasteiger partial charge in [0.25, 0.3) is 0 Å². The van der Waals surface area contributed by atoms with Crippen molar-refractivity contribution in [3.05, 3.63) is 35.0 Å². The van der Waals surface area contributed by atoms with E-state index in [4.69, 9.17) is 14.7 Å². The van der Waals surface area contributed by atoms with Crippen molar-refractivity contribution in [2.24, 2.45) is 0 Å². The highest BCUT2D eigenvalue weighted by Gasteiger charge is 2.39. The molecule has 9 nitrogen and oxygen atoms in total. The quantitative estimate of drug-likeness (QED) is 0.685. The number of nitrogens with zero attached hydrogens (tertiary/aromatic N) is 4. The molecule has 1 atom stereocenters. The number of nitrogens with one attached hydrogen (secondary N) is 1. The Morgan fingerprint density at radius 3 is 2.79 bits per heavy atom. The SMILES string of the molecule is O=C1OCCN1c1ccc2c(c1)CCN(c1nc3c(c(NC4(CO)CCC4)n1)[S@](=O)CC3)C2. The minimum atomic E-state index is -1.11. The lowest BCUT2D eigenvalue weighted by Gasteiger charge is -2.41. The number of aliphatic hydroxyl groups is 1. The van der Waals surface area contributed by atoms with Crippen LogP contribution >= 0.6 is 0 Å². The van der Waals surface area contributed by atoms with E-state index in [1.54, 1.807) is 4.90 Å². The van der Waals surface area contributed by atoms with Gasteiger partial charge in [0, 0.05) is 31.0 Å². The normalized spacial score (nSPS) is 23.1. The molecule has 4 aliphatic rings. The highest BCUT2D eigenvalue weighted by atomic mass is 32.2. The Bertz CT molecular complexity index is 1150. The fourth-order valence-electron chi connectivity index (χ4n) is 5.09. The maximum absolute atomic E-state index is 12.7. The number of carbonyl (C=O) groups excluding carboxylic acids is 1. The lowest BCUT2D eigenvalue weighted by molar-refractivity contribution is 0.143. The summed E-state index contributed by atoms with van der Waals surface area (Å²) in [4.78, 5) is 26.1. The summed E-state index contributed by atoms with van der Waals surface area (Å²) in [5.41, 5.74) is 3.76. The van der Waals surface area contributed by atoms with E-state index in [0.29, 0.717) is 48.5 Å². The topological polar surface area (TPSA) is 108 Å². The van der Waals surface area contributed by atoms with Crippen LogP contribution in [0.5, 0.6) is 0 Å². The fourth-order valence-corrected chi connectivity index (χ4v) is 6.40. The molecule has 3 aliphatic heterocycles. The summed E-state index contributed by atoms with van der Waals surface area (Å²) in [6.07, 6.45) is 4.04. The van der Waals surface area contributed by atoms with Gasteiger partial charge in [-0.3, -0.25) is 9.11 Å². The van der Waals surface area contributed by atoms with Gasteiger partial charge in [0.1, 0.15) is 17.3 Å². The van der Waals surface area contributed by atoms with E-state index in [1.165, 1.54) is 11.1 Å². The average molecular weight is 470 g/mol. The molecule has 0 radical (unpaired) electrons. The highest BCUT2D eigenvalue weighted by Crippen LogP contribution is 2.39. The van der Waals surface area contributed by atoms with Gasteiger partial charge in [0.2, 0.25) is 5.95 Å². The lowest BCUT2D eigenvalue weighted by atomic mass is 9.77. The first-order valence-corrected chi connectivity index (χ1v) is 12.9. The van der Waals surface area contributed by atoms with Crippen molar-refractivity contribution in [2.45, 2.75) is 49.1 Å². The first-order valence-electron chi connectivity index (χ1n) is 11.5. The Hall–Kier alpha value is -2.72. The molecule has 6 rings (SSSR count). The number of hydrogen-bond acceptors (Lipinski definition) is 8. The van der Waals surface area contributed by atoms with Crippen LogP contribution < -0.4 is 15.1 Å². The maximum atomic E-state index is 12.7. The van der Waals surface area contributed by atoms with Gasteiger partial charge < -0.3 is 20.1 Å². The van der Waals surface area contributed by atoms with Crippen molar-refractivity contribution in [2.75, 3.05) is 47.2 Å². The number of aliphatic hydroxyl groups excluding tert-OH is 1. The third-order valence-electron chi connectivity index (χ3n) is 7.23. The summed E-state index contributed by atoms with van der Waals surface area (Å²) in [5, 5.41) is 13.4. The van der Waals surface area contributed by atoms with Crippen LogP contribution in [0.4, 0.5) is 22.2 Å². The van der Waals surface area contributed by atoms with Crippen molar-refractivity contribution < 1.29 is 18.8 Å². The number of amides is 1. The number of hydrogen-bond donors (Lipinski definition) is 2. The van der Waals surface area contributed by atoms with E-state index < -0.39 is 10.8 Å². The van der Waals surface area contributed by atoms with Gasteiger partial charge >= 0.3 is 6.09 Å². The molecule has 1 amide bonds. The largest absolute Gasteiger partial charge is 0.447 e. The second-order valence-electron chi connectivity index (χ2n) is 9.26. The number of cyclic esters (lactones) is 1. The van der Waals surface area contributed by atoms with Gasteiger partial charge in [-0.05, 0) is 48.9 Å². The Morgan fingerprint density at radius 2 is 2.06 bits per heavy atom. The number of aromatic nitrogens is 2. The second kappa shape index (κ2) is 7.95. The molecule has 1 aromatic heterocycles. The minimum absolute atomic E-state index is 0.0394. The summed E-state index contributed by atoms with van der Waals surface area (Å²) in [7, 11) is -1.11. The van der Waals surface area contributed by atoms with E-state index in [2.05, 4.69) is 22.3 Å². The van der Waals surface area contributed by atoms with Crippen LogP contribution in [0.15, 0.2) is 23.1 Å². The Labute approximate surface area is 194 Å². The number of rotatable bonds is 5. The molecule has 2 N–H and O–H groups in total. The summed E-state index contributed by atoms with van der Waals surface area (Å²) >= 11 is 0. The van der Waals surface area contributed by atoms with Gasteiger partial charge in [-0.15, -0.1) is 0 Å². The molecule has 1 saturated carbocycles. The van der Waals surface area contributed by atoms with Crippen LogP contribution in [0.2, 0.25) is 0 Å². The monoisotopic (exact) mass is 469 g/mol. The Kier molecular flexibility index (Phi) is 5.02. The van der Waals surface area contributed by atoms with Crippen molar-refractivity contribution in [1.29, 1.82) is 0 Å². The van der Waals surface area contributed by atoms with Crippen molar-refractivity contribution >= 4 is 34.3 Å². The predicted molar refractivity (Wildman–Crippen MR) is 124 cm³/mol. The number of ether oxygens (including phenoxy) is 1. The van der Waals surface area contributed by atoms with E-state index in [1.807, 2.05) is 6.07 Å². The number of aryl methyl sites for hydroxylation is 1. The average Bonchev–Trinajstić information content (AvgIpc) is 3.41. The molecule has 33 heavy (non-hydrogen) atoms. The summed E-state index contributed by atoms with van der Waals surface area (Å²) in [6, 6.07) is 6.12. The zero-order valence-electron chi connectivity index (χ0n) is 18.4. The van der Waals surface area contributed by atoms with Crippen LogP contribution in [-0.2, 0) is 34.9 Å². The second-order valence-corrected chi connectivity index (χ2v) is 10.8. The van der Waals surface area contributed by atoms with Crippen molar-refractivity contribution in [3.8, 4) is 0 Å². The summed E-state index contributed by atoms with van der Waals surface area (Å²) in [6.45, 7) is 2.48. The molecule has 174 valence electrons. The molecule has 2 aromatic rings. The zero-order chi connectivity index (χ0) is 22.6. The zero-order valence-corrected chi connectivity index (χ0v) is 19.2. The molecule has 0 spiro atoms. The standard InChI is InChI=1S/C23H27N5O4S/c29-14-23(6-1-7-23)26-20-19-18(5-11-33(19)31)24-21(25-20)27-8-4-15-12-17(3-2-16(15)13-27)28-9-10-32-22(28)30/h2-3,12,29H,1,4-11,13-14H2,(H,24,25,26)/t33-/m1/s1. The van der Waals surface area contributed by atoms with Gasteiger partial charge in [-0.1, -0.05) is 6.07 Å². The summed E-state index contributed by atoms with van der Waals surface area (Å²) < 4.78 is 17.7. The minimum Gasteiger partial charge on any atom is -0.447 e. The molecular weight excluding hydrogens is 442 g/mol. The van der Waals surface area contributed by atoms with Gasteiger partial charge in [0.15, 0.2) is 0 Å². The van der Waals surface area contributed by atoms with Gasteiger partial charge in [0.05, 0.1) is 35.2 Å². The molecule has 1 saturated heterocycles. The molecular formula is C23H27N5O4S. The van der Waals surface area contributed by atoms with Crippen LogP contribution in [0.3, 0.4) is 0 Å². The molecule has 10 heteroatoms. The molecule has 2 fully saturated rings. The van der Waals surface area contributed by atoms with Crippen molar-refractivity contribution in [1.82, 2.24) is 9.97 Å². The van der Waals surface area contributed by atoms with E-state index in [9.17, 15) is 14.1 Å². The molecule has 4 heterocycles. The molecule has 0 bridgehead atoms. The van der Waals surface area contributed by atoms with Gasteiger partial charge in [-0.25, -0.2) is 9.78 Å². The molecule has 0 unspecified atom stereocenters. The van der Waals surface area contributed by atoms with E-state index in [-0.39, 0.29) is 18.2 Å². The predicted octanol–water partition coefficient (Wildman–Crippen LogP) is 1.99. The van der Waals surface area contributed by atoms with Crippen molar-refractivity contribution in [3.63, 3.8) is 0 Å². The molecule has 1 aliphatic carbocycles. The van der Waals surface area contributed by atoms with Crippen LogP contribution in [0.1, 0.15) is 36.1 Å². The number of anilines is 3. The summed E-state index contributed by atoms with van der Waals surface area (Å²) in [5.74, 6) is 1.83. The first-order chi connectivity index (χ1) is 16.0. The Morgan fingerprint density at radius 1 is 1.18 bits per heavy atom. The number of fused-ring (bicyclic) bond motifs is 2. The molecule has 1 aromatic carbocycles. The number of carbonyl (C=O) groups is 1. The van der Waals surface area contributed by atoms with Gasteiger partial charge in [-0.2, -0.15) is 4.98 Å². The fraction of sp³-hybridized carbons (Fsp3) is 0.522. The van der Waals surface area contributed by atoms with Crippen LogP contribution in [0.25, 0.3) is 0 Å². The van der Waals surface area contributed by atoms with Crippen LogP contribution in [-0.4, -0.2) is 63.0 Å². The lowest BCUT2D eigenvalue weighted by Crippen LogP contribution is -2.48. The Balaban J connectivity index is 1.28. The first kappa shape index (κ1) is 20.9.